The molecule has 0 aliphatic heterocycles. The smallest absolute Gasteiger partial charge is 0.311 e. The number of benzene rings is 1. The van der Waals surface area contributed by atoms with Gasteiger partial charge in [-0.2, -0.15) is 0 Å². The van der Waals surface area contributed by atoms with Crippen LogP contribution < -0.4 is 4.74 Å². The lowest BCUT2D eigenvalue weighted by Gasteiger charge is -2.62. The molecule has 1 aromatic carbocycles. The van der Waals surface area contributed by atoms with Gasteiger partial charge >= 0.3 is 17.9 Å². The van der Waals surface area contributed by atoms with Crippen molar-refractivity contribution in [3.05, 3.63) is 58.0 Å². The molecule has 3 saturated carbocycles. The highest BCUT2D eigenvalue weighted by Gasteiger charge is 2.77. The number of rotatable bonds is 12. The first kappa shape index (κ1) is 39.3. The van der Waals surface area contributed by atoms with Gasteiger partial charge in [-0.1, -0.05) is 71.7 Å². The first-order valence-electron chi connectivity index (χ1n) is 18.2. The van der Waals surface area contributed by atoms with Gasteiger partial charge in [0.15, 0.2) is 23.7 Å². The van der Waals surface area contributed by atoms with Gasteiger partial charge in [-0.25, -0.2) is 4.39 Å². The van der Waals surface area contributed by atoms with E-state index in [4.69, 9.17) is 26.4 Å². The van der Waals surface area contributed by atoms with Crippen molar-refractivity contribution in [2.75, 3.05) is 6.61 Å². The van der Waals surface area contributed by atoms with E-state index in [1.54, 1.807) is 49.3 Å². The average Bonchev–Trinajstić information content (AvgIpc) is 3.65. The molecule has 1 heterocycles. The molecular formula is C40H45FO9S3. The monoisotopic (exact) mass is 784 g/mol. The largest absolute Gasteiger partial charge is 0.457 e. The molecule has 1 aromatic heterocycles. The number of alkyl halides is 1. The predicted molar refractivity (Wildman–Crippen MR) is 201 cm³/mol. The van der Waals surface area contributed by atoms with Crippen LogP contribution in [-0.2, 0) is 33.4 Å². The molecule has 0 spiro atoms. The number of aliphatic hydroxyl groups excluding tert-OH is 1. The third kappa shape index (κ3) is 6.80. The fourth-order valence-corrected chi connectivity index (χ4v) is 12.1. The minimum Gasteiger partial charge on any atom is -0.457 e. The summed E-state index contributed by atoms with van der Waals surface area (Å²) < 4.78 is 35.6. The van der Waals surface area contributed by atoms with Crippen molar-refractivity contribution in [1.29, 1.82) is 0 Å². The van der Waals surface area contributed by atoms with Crippen molar-refractivity contribution in [3.63, 3.8) is 0 Å². The fourth-order valence-electron chi connectivity index (χ4n) is 9.72. The lowest BCUT2D eigenvalue weighted by Crippen LogP contribution is -2.70. The Bertz CT molecular complexity index is 1920. The number of ketones is 2. The number of Topliss-reactive ketones (excluding diaryl/α,β-unsaturated/α-hetero) is 1. The Labute approximate surface area is 321 Å². The van der Waals surface area contributed by atoms with E-state index >= 15 is 4.39 Å². The fraction of sp³-hybridized carbons (Fsp3) is 0.550. The Balaban J connectivity index is 1.16. The predicted octanol–water partition coefficient (Wildman–Crippen LogP) is 8.09. The molecule has 0 radical (unpaired) electrons. The van der Waals surface area contributed by atoms with Crippen LogP contribution >= 0.6 is 32.9 Å². The molecular weight excluding hydrogens is 740 g/mol. The summed E-state index contributed by atoms with van der Waals surface area (Å²) in [5.41, 5.74) is -4.78. The van der Waals surface area contributed by atoms with E-state index in [9.17, 15) is 29.1 Å². The van der Waals surface area contributed by atoms with Crippen molar-refractivity contribution in [1.82, 2.24) is 0 Å². The number of carbonyl (C=O) groups excluding carboxylic acids is 5. The van der Waals surface area contributed by atoms with Crippen LogP contribution in [0.15, 0.2) is 54.1 Å². The van der Waals surface area contributed by atoms with Crippen LogP contribution in [0, 0.1) is 32.4 Å². The first-order chi connectivity index (χ1) is 25.1. The molecule has 0 unspecified atom stereocenters. The van der Waals surface area contributed by atoms with Gasteiger partial charge in [0.1, 0.15) is 9.57 Å². The molecule has 9 nitrogen and oxygen atoms in total. The Morgan fingerprint density at radius 1 is 1.02 bits per heavy atom. The summed E-state index contributed by atoms with van der Waals surface area (Å²) in [6.45, 7) is 6.49. The van der Waals surface area contributed by atoms with Crippen molar-refractivity contribution in [2.45, 2.75) is 103 Å². The van der Waals surface area contributed by atoms with Gasteiger partial charge in [0.05, 0.1) is 18.9 Å². The maximum absolute atomic E-state index is 17.8. The van der Waals surface area contributed by atoms with Crippen LogP contribution in [-0.4, -0.2) is 58.6 Å². The number of hydrogen-bond donors (Lipinski definition) is 1. The van der Waals surface area contributed by atoms with Crippen molar-refractivity contribution >= 4 is 62.4 Å². The standard InChI is InChI=1S/C40H45FO9S3/c1-5-6-7-35(47)50-40(32(44)22-48-33(45)14-15-34(46)49-27-11-8-24(9-12-27)30-20-36(51)53-52-30)23(2)18-29-28-13-10-25-19-26(42)16-17-37(25,3)39(28,41)31(43)21-38(29,40)4/h8-9,11-12,16-17,19-20,23,28-29,31,43H,5-7,10,13-15,18,21-22H2,1-4H3/t23-,28-,29-,31-,37-,38-,39-,40-/m0/s1. The lowest BCUT2D eigenvalue weighted by molar-refractivity contribution is -0.228. The van der Waals surface area contributed by atoms with Gasteiger partial charge < -0.3 is 19.3 Å². The molecule has 284 valence electrons. The van der Waals surface area contributed by atoms with E-state index in [-0.39, 0.29) is 31.5 Å². The molecule has 1 N–H and O–H groups in total. The van der Waals surface area contributed by atoms with Crippen LogP contribution in [0.3, 0.4) is 0 Å². The summed E-state index contributed by atoms with van der Waals surface area (Å²) in [5.74, 6) is -4.36. The second-order valence-electron chi connectivity index (χ2n) is 15.3. The third-order valence-electron chi connectivity index (χ3n) is 12.3. The van der Waals surface area contributed by atoms with E-state index in [1.807, 2.05) is 25.1 Å². The van der Waals surface area contributed by atoms with Crippen LogP contribution in [0.4, 0.5) is 4.39 Å². The van der Waals surface area contributed by atoms with Crippen LogP contribution in [0.1, 0.15) is 85.5 Å². The maximum Gasteiger partial charge on any atom is 0.311 e. The van der Waals surface area contributed by atoms with Crippen LogP contribution in [0.2, 0.25) is 0 Å². The lowest BCUT2D eigenvalue weighted by atomic mass is 9.44. The number of carbonyl (C=O) groups is 5. The Kier molecular flexibility index (Phi) is 11.1. The van der Waals surface area contributed by atoms with E-state index < -0.39 is 76.3 Å². The van der Waals surface area contributed by atoms with Crippen molar-refractivity contribution in [3.8, 4) is 16.2 Å². The number of aliphatic hydroxyl groups is 1. The molecule has 2 aromatic rings. The normalized spacial score (nSPS) is 32.9. The number of fused-ring (bicyclic) bond motifs is 5. The number of allylic oxidation sites excluding steroid dienone is 4. The van der Waals surface area contributed by atoms with E-state index in [2.05, 4.69) is 0 Å². The Hall–Kier alpha value is -3.39. The maximum atomic E-state index is 17.8. The second kappa shape index (κ2) is 15.0. The average molecular weight is 785 g/mol. The summed E-state index contributed by atoms with van der Waals surface area (Å²) in [6, 6.07) is 8.84. The number of halogens is 1. The van der Waals surface area contributed by atoms with Crippen molar-refractivity contribution < 1.29 is 47.7 Å². The summed E-state index contributed by atoms with van der Waals surface area (Å²) in [5, 5.41) is 11.8. The van der Waals surface area contributed by atoms with Gasteiger partial charge in [-0.15, -0.1) is 0 Å². The zero-order valence-corrected chi connectivity index (χ0v) is 32.8. The number of esters is 3. The van der Waals surface area contributed by atoms with E-state index in [0.717, 1.165) is 20.7 Å². The molecule has 0 bridgehead atoms. The minimum atomic E-state index is -2.13. The van der Waals surface area contributed by atoms with Crippen LogP contribution in [0.25, 0.3) is 10.4 Å². The highest BCUT2D eigenvalue weighted by molar-refractivity contribution is 7.80. The summed E-state index contributed by atoms with van der Waals surface area (Å²) >= 11 is 5.19. The summed E-state index contributed by atoms with van der Waals surface area (Å²) in [6.07, 6.45) is 4.47. The van der Waals surface area contributed by atoms with Crippen LogP contribution in [0.5, 0.6) is 5.75 Å². The molecule has 8 atom stereocenters. The summed E-state index contributed by atoms with van der Waals surface area (Å²) in [7, 11) is 3.06. The number of ether oxygens (including phenoxy) is 3. The second-order valence-corrected chi connectivity index (χ2v) is 18.2. The molecule has 13 heteroatoms. The van der Waals surface area contributed by atoms with Gasteiger partial charge in [0.2, 0.25) is 5.78 Å². The highest BCUT2D eigenvalue weighted by atomic mass is 32.9. The van der Waals surface area contributed by atoms with Crippen molar-refractivity contribution in [2.24, 2.45) is 28.6 Å². The molecule has 6 rings (SSSR count). The number of hydrogen-bond acceptors (Lipinski definition) is 12. The van der Waals surface area contributed by atoms with E-state index in [0.29, 0.717) is 37.0 Å². The van der Waals surface area contributed by atoms with Gasteiger partial charge in [-0.3, -0.25) is 24.0 Å². The molecule has 3 fully saturated rings. The highest BCUT2D eigenvalue weighted by Crippen LogP contribution is 2.71. The topological polar surface area (TPSA) is 133 Å². The SMILES string of the molecule is CCCCC(=O)O[C@]1(C(=O)COC(=O)CCC(=O)Oc2ccc(-c3cc(=S)ss3)cc2)[C@@H](C)C[C@H]2[C@@H]3CCC4=CC(=O)C=C[C@]4(C)[C@@]3(F)[C@@H](O)C[C@@]21C. The number of unbranched alkanes of at least 4 members (excludes halogenated alkanes) is 1. The Morgan fingerprint density at radius 3 is 2.42 bits per heavy atom. The molecule has 4 aliphatic rings. The summed E-state index contributed by atoms with van der Waals surface area (Å²) in [4.78, 5) is 66.5. The van der Waals surface area contributed by atoms with E-state index in [1.165, 1.54) is 22.5 Å². The van der Waals surface area contributed by atoms with Gasteiger partial charge in [-0.05, 0) is 93.0 Å². The minimum absolute atomic E-state index is 0.0671. The Morgan fingerprint density at radius 2 is 1.74 bits per heavy atom. The quantitative estimate of drug-likeness (QED) is 0.0975. The molecule has 53 heavy (non-hydrogen) atoms. The van der Waals surface area contributed by atoms with Gasteiger partial charge in [0, 0.05) is 34.0 Å². The molecule has 0 amide bonds. The zero-order chi connectivity index (χ0) is 38.3. The molecule has 4 aliphatic carbocycles. The van der Waals surface area contributed by atoms with Gasteiger partial charge in [0.25, 0.3) is 0 Å². The molecule has 0 saturated heterocycles. The zero-order valence-electron chi connectivity index (χ0n) is 30.3. The third-order valence-corrected chi connectivity index (χ3v) is 15.2. The first-order valence-corrected chi connectivity index (χ1v) is 20.8.